The molecular weight excluding hydrogens is 188 g/mol. The Morgan fingerprint density at radius 3 is 3.07 bits per heavy atom. The maximum absolute atomic E-state index is 5.53. The van der Waals surface area contributed by atoms with Crippen LogP contribution in [0.4, 0.5) is 0 Å². The second-order valence-corrected chi connectivity index (χ2v) is 4.37. The molecule has 1 aliphatic rings. The first-order valence-corrected chi connectivity index (χ1v) is 5.70. The maximum Gasteiger partial charge on any atom is 0.0588 e. The SMILES string of the molecule is CC1OCCC1CNCc1cccn1C. The third-order valence-corrected chi connectivity index (χ3v) is 3.30. The molecule has 2 atom stereocenters. The van der Waals surface area contributed by atoms with Crippen molar-refractivity contribution in [2.75, 3.05) is 13.2 Å². The average molecular weight is 208 g/mol. The number of aryl methyl sites for hydroxylation is 1. The number of nitrogens with one attached hydrogen (secondary N) is 1. The first-order valence-electron chi connectivity index (χ1n) is 5.70. The van der Waals surface area contributed by atoms with Crippen molar-refractivity contribution in [2.24, 2.45) is 13.0 Å². The fourth-order valence-corrected chi connectivity index (χ4v) is 2.11. The van der Waals surface area contributed by atoms with Gasteiger partial charge in [-0.05, 0) is 31.4 Å². The van der Waals surface area contributed by atoms with Gasteiger partial charge in [0.15, 0.2) is 0 Å². The summed E-state index contributed by atoms with van der Waals surface area (Å²) in [5.41, 5.74) is 1.33. The van der Waals surface area contributed by atoms with Gasteiger partial charge in [0.1, 0.15) is 0 Å². The highest BCUT2D eigenvalue weighted by atomic mass is 16.5. The van der Waals surface area contributed by atoms with Crippen molar-refractivity contribution in [2.45, 2.75) is 26.0 Å². The molecule has 1 fully saturated rings. The quantitative estimate of drug-likeness (QED) is 0.812. The van der Waals surface area contributed by atoms with Gasteiger partial charge < -0.3 is 14.6 Å². The molecule has 15 heavy (non-hydrogen) atoms. The molecule has 1 aromatic rings. The minimum atomic E-state index is 0.422. The molecule has 84 valence electrons. The highest BCUT2D eigenvalue weighted by Crippen LogP contribution is 2.19. The van der Waals surface area contributed by atoms with Crippen LogP contribution in [-0.2, 0) is 18.3 Å². The van der Waals surface area contributed by atoms with Gasteiger partial charge >= 0.3 is 0 Å². The van der Waals surface area contributed by atoms with Gasteiger partial charge in [-0.25, -0.2) is 0 Å². The topological polar surface area (TPSA) is 26.2 Å². The molecule has 2 heterocycles. The normalized spacial score (nSPS) is 26.0. The van der Waals surface area contributed by atoms with E-state index >= 15 is 0 Å². The summed E-state index contributed by atoms with van der Waals surface area (Å²) in [4.78, 5) is 0. The van der Waals surface area contributed by atoms with Crippen molar-refractivity contribution < 1.29 is 4.74 Å². The molecule has 1 saturated heterocycles. The number of hydrogen-bond donors (Lipinski definition) is 1. The van der Waals surface area contributed by atoms with Crippen LogP contribution in [0.15, 0.2) is 18.3 Å². The molecule has 2 unspecified atom stereocenters. The van der Waals surface area contributed by atoms with Crippen molar-refractivity contribution in [3.05, 3.63) is 24.0 Å². The van der Waals surface area contributed by atoms with Gasteiger partial charge in [0.05, 0.1) is 6.10 Å². The lowest BCUT2D eigenvalue weighted by molar-refractivity contribution is 0.105. The predicted octanol–water partition coefficient (Wildman–Crippen LogP) is 1.54. The van der Waals surface area contributed by atoms with E-state index in [9.17, 15) is 0 Å². The van der Waals surface area contributed by atoms with Crippen LogP contribution in [-0.4, -0.2) is 23.8 Å². The van der Waals surface area contributed by atoms with E-state index < -0.39 is 0 Å². The lowest BCUT2D eigenvalue weighted by Crippen LogP contribution is -2.27. The van der Waals surface area contributed by atoms with Crippen LogP contribution in [0.1, 0.15) is 19.0 Å². The molecule has 0 saturated carbocycles. The molecule has 0 radical (unpaired) electrons. The van der Waals surface area contributed by atoms with Crippen molar-refractivity contribution >= 4 is 0 Å². The van der Waals surface area contributed by atoms with Gasteiger partial charge in [-0.3, -0.25) is 0 Å². The van der Waals surface area contributed by atoms with E-state index in [1.165, 1.54) is 12.1 Å². The summed E-state index contributed by atoms with van der Waals surface area (Å²) < 4.78 is 7.69. The van der Waals surface area contributed by atoms with E-state index in [-0.39, 0.29) is 0 Å². The summed E-state index contributed by atoms with van der Waals surface area (Å²) in [5, 5.41) is 3.50. The fourth-order valence-electron chi connectivity index (χ4n) is 2.11. The first-order chi connectivity index (χ1) is 7.27. The number of ether oxygens (including phenoxy) is 1. The van der Waals surface area contributed by atoms with Gasteiger partial charge in [-0.1, -0.05) is 0 Å². The highest BCUT2D eigenvalue weighted by Gasteiger charge is 2.23. The average Bonchev–Trinajstić information content (AvgIpc) is 2.78. The fraction of sp³-hybridized carbons (Fsp3) is 0.667. The van der Waals surface area contributed by atoms with E-state index in [2.05, 4.69) is 42.2 Å². The third kappa shape index (κ3) is 2.61. The number of rotatable bonds is 4. The number of hydrogen-bond acceptors (Lipinski definition) is 2. The zero-order valence-corrected chi connectivity index (χ0v) is 9.57. The predicted molar refractivity (Wildman–Crippen MR) is 60.6 cm³/mol. The van der Waals surface area contributed by atoms with Crippen molar-refractivity contribution in [3.63, 3.8) is 0 Å². The lowest BCUT2D eigenvalue weighted by Gasteiger charge is -2.14. The van der Waals surface area contributed by atoms with Crippen LogP contribution < -0.4 is 5.32 Å². The zero-order chi connectivity index (χ0) is 10.7. The second-order valence-electron chi connectivity index (χ2n) is 4.37. The Morgan fingerprint density at radius 2 is 2.47 bits per heavy atom. The Kier molecular flexibility index (Phi) is 3.44. The molecule has 2 rings (SSSR count). The Hall–Kier alpha value is -0.800. The molecule has 0 bridgehead atoms. The van der Waals surface area contributed by atoms with Crippen LogP contribution in [0, 0.1) is 5.92 Å². The summed E-state index contributed by atoms with van der Waals surface area (Å²) in [7, 11) is 2.08. The number of nitrogens with zero attached hydrogens (tertiary/aromatic N) is 1. The lowest BCUT2D eigenvalue weighted by atomic mass is 10.0. The molecule has 1 N–H and O–H groups in total. The van der Waals surface area contributed by atoms with Gasteiger partial charge in [0.25, 0.3) is 0 Å². The van der Waals surface area contributed by atoms with Gasteiger partial charge in [0.2, 0.25) is 0 Å². The number of aromatic nitrogens is 1. The highest BCUT2D eigenvalue weighted by molar-refractivity contribution is 5.05. The summed E-state index contributed by atoms with van der Waals surface area (Å²) in [5.74, 6) is 0.685. The standard InChI is InChI=1S/C12H20N2O/c1-10-11(5-7-15-10)8-13-9-12-4-3-6-14(12)2/h3-4,6,10-11,13H,5,7-9H2,1-2H3. The molecule has 0 aromatic carbocycles. The summed E-state index contributed by atoms with van der Waals surface area (Å²) in [6.45, 7) is 5.11. The minimum absolute atomic E-state index is 0.422. The summed E-state index contributed by atoms with van der Waals surface area (Å²) in [6.07, 6.45) is 3.70. The molecule has 3 heteroatoms. The largest absolute Gasteiger partial charge is 0.378 e. The van der Waals surface area contributed by atoms with Crippen molar-refractivity contribution in [3.8, 4) is 0 Å². The second kappa shape index (κ2) is 4.81. The van der Waals surface area contributed by atoms with E-state index in [1.54, 1.807) is 0 Å². The molecule has 3 nitrogen and oxygen atoms in total. The molecule has 0 amide bonds. The molecule has 1 aromatic heterocycles. The van der Waals surface area contributed by atoms with Crippen molar-refractivity contribution in [1.29, 1.82) is 0 Å². The van der Waals surface area contributed by atoms with Crippen LogP contribution in [0.3, 0.4) is 0 Å². The molecular formula is C12H20N2O. The van der Waals surface area contributed by atoms with Crippen LogP contribution in [0.2, 0.25) is 0 Å². The zero-order valence-electron chi connectivity index (χ0n) is 9.57. The smallest absolute Gasteiger partial charge is 0.0588 e. The summed E-state index contributed by atoms with van der Waals surface area (Å²) in [6, 6.07) is 4.24. The Labute approximate surface area is 91.4 Å². The van der Waals surface area contributed by atoms with Gasteiger partial charge in [-0.15, -0.1) is 0 Å². The van der Waals surface area contributed by atoms with Gasteiger partial charge in [-0.2, -0.15) is 0 Å². The molecule has 1 aliphatic heterocycles. The molecule has 0 aliphatic carbocycles. The van der Waals surface area contributed by atoms with E-state index in [0.29, 0.717) is 12.0 Å². The third-order valence-electron chi connectivity index (χ3n) is 3.30. The minimum Gasteiger partial charge on any atom is -0.378 e. The van der Waals surface area contributed by atoms with Gasteiger partial charge in [0, 0.05) is 38.6 Å². The van der Waals surface area contributed by atoms with Crippen LogP contribution in [0.5, 0.6) is 0 Å². The van der Waals surface area contributed by atoms with E-state index in [0.717, 1.165) is 19.7 Å². The van der Waals surface area contributed by atoms with Crippen LogP contribution >= 0.6 is 0 Å². The Balaban J connectivity index is 1.73. The van der Waals surface area contributed by atoms with Crippen LogP contribution in [0.25, 0.3) is 0 Å². The maximum atomic E-state index is 5.53. The van der Waals surface area contributed by atoms with E-state index in [1.807, 2.05) is 0 Å². The summed E-state index contributed by atoms with van der Waals surface area (Å²) >= 11 is 0. The Bertz CT molecular complexity index is 308. The van der Waals surface area contributed by atoms with E-state index in [4.69, 9.17) is 4.74 Å². The first kappa shape index (κ1) is 10.7. The Morgan fingerprint density at radius 1 is 1.60 bits per heavy atom. The van der Waals surface area contributed by atoms with Crippen molar-refractivity contribution in [1.82, 2.24) is 9.88 Å². The monoisotopic (exact) mass is 208 g/mol. The molecule has 0 spiro atoms.